The third-order valence-electron chi connectivity index (χ3n) is 5.35. The van der Waals surface area contributed by atoms with Crippen LogP contribution in [0.5, 0.6) is 0 Å². The lowest BCUT2D eigenvalue weighted by atomic mass is 9.79. The maximum Gasteiger partial charge on any atom is 0.318 e. The molecule has 2 aliphatic rings. The van der Waals surface area contributed by atoms with Crippen molar-refractivity contribution in [2.75, 3.05) is 26.7 Å². The van der Waals surface area contributed by atoms with Crippen LogP contribution in [0.3, 0.4) is 0 Å². The van der Waals surface area contributed by atoms with Crippen LogP contribution in [0.25, 0.3) is 0 Å². The van der Waals surface area contributed by atoms with E-state index in [9.17, 15) is 9.59 Å². The van der Waals surface area contributed by atoms with Crippen LogP contribution in [0.4, 0.5) is 0 Å². The van der Waals surface area contributed by atoms with Crippen molar-refractivity contribution in [3.63, 3.8) is 0 Å². The van der Waals surface area contributed by atoms with Crippen molar-refractivity contribution in [2.24, 2.45) is 0 Å². The standard InChI is InChI=1S/C19H22N4O3/c1-26-18(25)19(14-5-3-2-4-6-14)7-9-23(13-19)17(24)15-12-22-10-8-20-11-16(22)21-15/h2-6,12,20H,7-11,13H2,1H3. The molecule has 0 saturated carbocycles. The van der Waals surface area contributed by atoms with Crippen molar-refractivity contribution >= 4 is 11.9 Å². The van der Waals surface area contributed by atoms with Gasteiger partial charge in [0.2, 0.25) is 0 Å². The molecule has 0 bridgehead atoms. The fourth-order valence-corrected chi connectivity index (χ4v) is 3.91. The molecule has 2 aliphatic heterocycles. The molecule has 0 radical (unpaired) electrons. The Labute approximate surface area is 152 Å². The molecule has 1 atom stereocenters. The molecule has 1 amide bonds. The van der Waals surface area contributed by atoms with E-state index in [1.165, 1.54) is 7.11 Å². The van der Waals surface area contributed by atoms with Crippen molar-refractivity contribution in [3.8, 4) is 0 Å². The average molecular weight is 354 g/mol. The maximum atomic E-state index is 13.0. The zero-order valence-corrected chi connectivity index (χ0v) is 14.8. The Morgan fingerprint density at radius 1 is 1.23 bits per heavy atom. The molecule has 26 heavy (non-hydrogen) atoms. The van der Waals surface area contributed by atoms with Crippen molar-refractivity contribution in [1.82, 2.24) is 19.8 Å². The first-order valence-corrected chi connectivity index (χ1v) is 8.84. The van der Waals surface area contributed by atoms with Gasteiger partial charge in [-0.1, -0.05) is 30.3 Å². The highest BCUT2D eigenvalue weighted by Crippen LogP contribution is 2.36. The molecule has 4 rings (SSSR count). The Hall–Kier alpha value is -2.67. The molecule has 1 unspecified atom stereocenters. The van der Waals surface area contributed by atoms with Gasteiger partial charge in [0.25, 0.3) is 5.91 Å². The number of rotatable bonds is 3. The van der Waals surface area contributed by atoms with Crippen LogP contribution in [0, 0.1) is 0 Å². The Kier molecular flexibility index (Phi) is 4.24. The van der Waals surface area contributed by atoms with Crippen molar-refractivity contribution in [1.29, 1.82) is 0 Å². The van der Waals surface area contributed by atoms with E-state index < -0.39 is 5.41 Å². The fourth-order valence-electron chi connectivity index (χ4n) is 3.91. The second kappa shape index (κ2) is 6.57. The SMILES string of the molecule is COC(=O)C1(c2ccccc2)CCN(C(=O)c2cn3c(n2)CNCC3)C1. The molecule has 136 valence electrons. The summed E-state index contributed by atoms with van der Waals surface area (Å²) in [6.45, 7) is 3.17. The van der Waals surface area contributed by atoms with Gasteiger partial charge in [0, 0.05) is 32.4 Å². The molecular formula is C19H22N4O3. The highest BCUT2D eigenvalue weighted by atomic mass is 16.5. The fraction of sp³-hybridized carbons (Fsp3) is 0.421. The summed E-state index contributed by atoms with van der Waals surface area (Å²) >= 11 is 0. The topological polar surface area (TPSA) is 76.5 Å². The van der Waals surface area contributed by atoms with Gasteiger partial charge in [-0.2, -0.15) is 0 Å². The minimum atomic E-state index is -0.813. The molecule has 1 N–H and O–H groups in total. The first kappa shape index (κ1) is 16.8. The molecule has 1 fully saturated rings. The largest absolute Gasteiger partial charge is 0.468 e. The number of fused-ring (bicyclic) bond motifs is 1. The minimum absolute atomic E-state index is 0.131. The van der Waals surface area contributed by atoms with E-state index in [1.54, 1.807) is 4.90 Å². The summed E-state index contributed by atoms with van der Waals surface area (Å²) in [7, 11) is 1.40. The number of likely N-dealkylation sites (tertiary alicyclic amines) is 1. The van der Waals surface area contributed by atoms with Gasteiger partial charge in [0.05, 0.1) is 13.7 Å². The van der Waals surface area contributed by atoms with Gasteiger partial charge in [-0.05, 0) is 12.0 Å². The summed E-state index contributed by atoms with van der Waals surface area (Å²) in [4.78, 5) is 31.8. The number of aromatic nitrogens is 2. The summed E-state index contributed by atoms with van der Waals surface area (Å²) in [5.41, 5.74) is 0.514. The van der Waals surface area contributed by atoms with Gasteiger partial charge in [-0.25, -0.2) is 4.98 Å². The van der Waals surface area contributed by atoms with E-state index >= 15 is 0 Å². The monoisotopic (exact) mass is 354 g/mol. The van der Waals surface area contributed by atoms with Gasteiger partial charge in [-0.3, -0.25) is 9.59 Å². The second-order valence-electron chi connectivity index (χ2n) is 6.83. The lowest BCUT2D eigenvalue weighted by Gasteiger charge is -2.26. The smallest absolute Gasteiger partial charge is 0.318 e. The third kappa shape index (κ3) is 2.68. The summed E-state index contributed by atoms with van der Waals surface area (Å²) in [5.74, 6) is 0.446. The molecule has 0 aliphatic carbocycles. The van der Waals surface area contributed by atoms with Gasteiger partial charge in [0.15, 0.2) is 0 Å². The maximum absolute atomic E-state index is 13.0. The molecule has 0 spiro atoms. The number of carbonyl (C=O) groups is 2. The minimum Gasteiger partial charge on any atom is -0.468 e. The molecule has 3 heterocycles. The number of carbonyl (C=O) groups excluding carboxylic acids is 2. The van der Waals surface area contributed by atoms with Crippen LogP contribution in [0.15, 0.2) is 36.5 Å². The Bertz CT molecular complexity index is 809. The van der Waals surface area contributed by atoms with Gasteiger partial charge in [-0.15, -0.1) is 0 Å². The number of amides is 1. The lowest BCUT2D eigenvalue weighted by molar-refractivity contribution is -0.147. The number of benzene rings is 1. The van der Waals surface area contributed by atoms with E-state index in [2.05, 4.69) is 10.3 Å². The van der Waals surface area contributed by atoms with Crippen LogP contribution in [0.2, 0.25) is 0 Å². The van der Waals surface area contributed by atoms with Crippen LogP contribution in [-0.2, 0) is 28.0 Å². The molecule has 7 heteroatoms. The van der Waals surface area contributed by atoms with E-state index in [4.69, 9.17) is 4.74 Å². The number of nitrogens with one attached hydrogen (secondary N) is 1. The number of methoxy groups -OCH3 is 1. The van der Waals surface area contributed by atoms with Crippen molar-refractivity contribution in [3.05, 3.63) is 53.6 Å². The number of hydrogen-bond donors (Lipinski definition) is 1. The Balaban J connectivity index is 1.60. The van der Waals surface area contributed by atoms with Gasteiger partial charge in [0.1, 0.15) is 16.9 Å². The predicted octanol–water partition coefficient (Wildman–Crippen LogP) is 0.943. The summed E-state index contributed by atoms with van der Waals surface area (Å²) in [6.07, 6.45) is 2.36. The average Bonchev–Trinajstić information content (AvgIpc) is 3.33. The lowest BCUT2D eigenvalue weighted by Crippen LogP contribution is -2.41. The summed E-state index contributed by atoms with van der Waals surface area (Å²) in [5, 5.41) is 3.25. The van der Waals surface area contributed by atoms with Gasteiger partial charge >= 0.3 is 5.97 Å². The Morgan fingerprint density at radius 2 is 2.04 bits per heavy atom. The van der Waals surface area contributed by atoms with Crippen LogP contribution >= 0.6 is 0 Å². The van der Waals surface area contributed by atoms with Crippen LogP contribution < -0.4 is 5.32 Å². The van der Waals surface area contributed by atoms with E-state index in [1.807, 2.05) is 41.1 Å². The Morgan fingerprint density at radius 3 is 2.77 bits per heavy atom. The van der Waals surface area contributed by atoms with Gasteiger partial charge < -0.3 is 19.5 Å². The third-order valence-corrected chi connectivity index (χ3v) is 5.35. The number of ether oxygens (including phenoxy) is 1. The van der Waals surface area contributed by atoms with Crippen molar-refractivity contribution in [2.45, 2.75) is 24.9 Å². The summed E-state index contributed by atoms with van der Waals surface area (Å²) < 4.78 is 7.11. The first-order valence-electron chi connectivity index (χ1n) is 8.84. The van der Waals surface area contributed by atoms with Crippen LogP contribution in [0.1, 0.15) is 28.3 Å². The molecule has 7 nitrogen and oxygen atoms in total. The van der Waals surface area contributed by atoms with Crippen molar-refractivity contribution < 1.29 is 14.3 Å². The molecular weight excluding hydrogens is 332 g/mol. The normalized spacial score (nSPS) is 22.1. The molecule has 1 aromatic heterocycles. The van der Waals surface area contributed by atoms with E-state index in [0.29, 0.717) is 31.7 Å². The number of hydrogen-bond acceptors (Lipinski definition) is 5. The zero-order valence-electron chi connectivity index (χ0n) is 14.8. The number of imidazole rings is 1. The zero-order chi connectivity index (χ0) is 18.1. The highest BCUT2D eigenvalue weighted by Gasteiger charge is 2.48. The first-order chi connectivity index (χ1) is 12.6. The van der Waals surface area contributed by atoms with E-state index in [-0.39, 0.29) is 11.9 Å². The number of esters is 1. The molecule has 1 saturated heterocycles. The van der Waals surface area contributed by atoms with Crippen LogP contribution in [-0.4, -0.2) is 53.1 Å². The quantitative estimate of drug-likeness (QED) is 0.831. The highest BCUT2D eigenvalue weighted by molar-refractivity contribution is 5.94. The second-order valence-corrected chi connectivity index (χ2v) is 6.83. The van der Waals surface area contributed by atoms with E-state index in [0.717, 1.165) is 24.5 Å². The molecule has 2 aromatic rings. The summed E-state index contributed by atoms with van der Waals surface area (Å²) in [6, 6.07) is 9.57. The molecule has 1 aromatic carbocycles. The predicted molar refractivity (Wildman–Crippen MR) is 94.6 cm³/mol. The number of nitrogens with zero attached hydrogens (tertiary/aromatic N) is 3.